The fourth-order valence-electron chi connectivity index (χ4n) is 6.61. The van der Waals surface area contributed by atoms with E-state index in [1.165, 1.54) is 24.3 Å². The van der Waals surface area contributed by atoms with Gasteiger partial charge in [-0.15, -0.1) is 0 Å². The van der Waals surface area contributed by atoms with Gasteiger partial charge in [0.2, 0.25) is 0 Å². The lowest BCUT2D eigenvalue weighted by Gasteiger charge is -2.15. The number of hydrogen-bond donors (Lipinski definition) is 0. The third-order valence-corrected chi connectivity index (χ3v) is 11.8. The number of benzene rings is 6. The summed E-state index contributed by atoms with van der Waals surface area (Å²) in [5.74, 6) is 2.18. The van der Waals surface area contributed by atoms with Crippen LogP contribution in [0, 0.1) is 0 Å². The first-order valence-corrected chi connectivity index (χ1v) is 21.0. The predicted molar refractivity (Wildman–Crippen MR) is 207 cm³/mol. The van der Waals surface area contributed by atoms with Crippen molar-refractivity contribution in [2.45, 2.75) is 22.4 Å². The lowest BCUT2D eigenvalue weighted by molar-refractivity contribution is 0.0483. The molecule has 6 aromatic carbocycles. The highest BCUT2D eigenvalue weighted by molar-refractivity contribution is 7.91. The van der Waals surface area contributed by atoms with Gasteiger partial charge in [-0.3, -0.25) is 4.79 Å². The van der Waals surface area contributed by atoms with Crippen LogP contribution in [0.1, 0.15) is 39.6 Å². The highest BCUT2D eigenvalue weighted by Gasteiger charge is 2.33. The number of ketones is 1. The summed E-state index contributed by atoms with van der Waals surface area (Å²) in [5, 5.41) is 0. The number of ether oxygens (including phenoxy) is 6. The number of hydrogen-bond acceptors (Lipinski definition) is 11. The molecule has 2 atom stereocenters. The van der Waals surface area contributed by atoms with Gasteiger partial charge in [-0.2, -0.15) is 0 Å². The molecule has 0 fully saturated rings. The molecule has 2 aliphatic heterocycles. The van der Waals surface area contributed by atoms with Gasteiger partial charge in [-0.05, 0) is 95.1 Å². The van der Waals surface area contributed by atoms with Crippen molar-refractivity contribution in [1.29, 1.82) is 0 Å². The van der Waals surface area contributed by atoms with Crippen molar-refractivity contribution in [3.8, 4) is 56.8 Å². The van der Waals surface area contributed by atoms with Crippen LogP contribution in [0.3, 0.4) is 0 Å². The van der Waals surface area contributed by atoms with Crippen LogP contribution in [-0.4, -0.2) is 49.3 Å². The maximum Gasteiger partial charge on any atom is 0.268 e. The molecule has 0 radical (unpaired) electrons. The lowest BCUT2D eigenvalue weighted by atomic mass is 9.89. The third-order valence-electron chi connectivity index (χ3n) is 9.51. The number of carbonyl (C=O) groups is 1. The molecule has 11 nitrogen and oxygen atoms in total. The van der Waals surface area contributed by atoms with Gasteiger partial charge in [0.15, 0.2) is 48.5 Å². The molecule has 8 rings (SSSR count). The van der Waals surface area contributed by atoms with Gasteiger partial charge in [-0.1, -0.05) is 48.5 Å². The zero-order valence-corrected chi connectivity index (χ0v) is 32.1. The monoisotopic (exact) mass is 790 g/mol. The van der Waals surface area contributed by atoms with Crippen LogP contribution in [0.25, 0.3) is 22.3 Å². The molecule has 0 N–H and O–H groups in total. The smallest absolute Gasteiger partial charge is 0.268 e. The van der Waals surface area contributed by atoms with Crippen LogP contribution in [-0.2, 0) is 19.7 Å². The summed E-state index contributed by atoms with van der Waals surface area (Å²) in [4.78, 5) is 15.4. The maximum atomic E-state index is 15.1. The largest absolute Gasteiger partial charge is 0.497 e. The lowest BCUT2D eigenvalue weighted by Crippen LogP contribution is -2.08. The second-order valence-electron chi connectivity index (χ2n) is 13.3. The molecular weight excluding hydrogens is 757 g/mol. The van der Waals surface area contributed by atoms with Crippen molar-refractivity contribution in [1.82, 2.24) is 0 Å². The van der Waals surface area contributed by atoms with Gasteiger partial charge in [-0.25, -0.2) is 16.8 Å². The normalized spacial score (nSPS) is 15.7. The van der Waals surface area contributed by atoms with Gasteiger partial charge >= 0.3 is 0 Å². The SMILES string of the molecule is COc1cccc(C2Oc3cc(C(=O)c4cc5c(cc4-c4ccc(S(C)(=O)=O)cc4)OC(c4cccc(OC)c4)O5)c(-c4ccc(S(C)(=O)=O)cc4)cc3O2)c1. The van der Waals surface area contributed by atoms with Gasteiger partial charge in [0, 0.05) is 34.8 Å². The summed E-state index contributed by atoms with van der Waals surface area (Å²) in [6.45, 7) is 0. The average Bonchev–Trinajstić information content (AvgIpc) is 3.83. The van der Waals surface area contributed by atoms with E-state index in [-0.39, 0.29) is 20.9 Å². The topological polar surface area (TPSA) is 141 Å². The van der Waals surface area contributed by atoms with Gasteiger partial charge in [0.05, 0.1) is 24.0 Å². The molecule has 0 saturated carbocycles. The highest BCUT2D eigenvalue weighted by atomic mass is 32.2. The summed E-state index contributed by atoms with van der Waals surface area (Å²) in [6, 6.07) is 33.6. The first-order chi connectivity index (χ1) is 26.8. The average molecular weight is 791 g/mol. The van der Waals surface area contributed by atoms with E-state index in [1.54, 1.807) is 87.0 Å². The molecule has 56 heavy (non-hydrogen) atoms. The van der Waals surface area contributed by atoms with Crippen molar-refractivity contribution in [2.24, 2.45) is 0 Å². The Morgan fingerprint density at radius 2 is 0.857 bits per heavy atom. The molecule has 0 aliphatic carbocycles. The fourth-order valence-corrected chi connectivity index (χ4v) is 7.87. The first kappa shape index (κ1) is 36.7. The standard InChI is InChI=1S/C43H34O11S2/c1-49-29-9-5-7-27(19-29)42-51-37-21-33(25-11-15-31(16-12-25)55(3,45)46)35(23-39(37)53-42)41(44)36-24-40-38(52-43(54-40)28-8-6-10-30(20-28)50-2)22-34(36)26-13-17-32(18-14-26)56(4,47)48/h5-24,42-43H,1-4H3. The van der Waals surface area contributed by atoms with Crippen molar-refractivity contribution in [3.05, 3.63) is 144 Å². The molecular formula is C43H34O11S2. The van der Waals surface area contributed by atoms with Crippen LogP contribution >= 0.6 is 0 Å². The minimum Gasteiger partial charge on any atom is -0.497 e. The summed E-state index contributed by atoms with van der Waals surface area (Å²) >= 11 is 0. The van der Waals surface area contributed by atoms with Crippen molar-refractivity contribution in [3.63, 3.8) is 0 Å². The molecule has 0 bridgehead atoms. The van der Waals surface area contributed by atoms with E-state index >= 15 is 4.79 Å². The number of methoxy groups -OCH3 is 2. The third kappa shape index (κ3) is 7.02. The number of fused-ring (bicyclic) bond motifs is 2. The van der Waals surface area contributed by atoms with E-state index in [2.05, 4.69) is 0 Å². The molecule has 0 spiro atoms. The minimum absolute atomic E-state index is 0.120. The van der Waals surface area contributed by atoms with E-state index in [0.29, 0.717) is 67.9 Å². The summed E-state index contributed by atoms with van der Waals surface area (Å²) in [5.41, 5.74) is 3.83. The predicted octanol–water partition coefficient (Wildman–Crippen LogP) is 8.02. The summed E-state index contributed by atoms with van der Waals surface area (Å²) in [7, 11) is -3.88. The van der Waals surface area contributed by atoms with Crippen LogP contribution in [0.4, 0.5) is 0 Å². The van der Waals surface area contributed by atoms with Gasteiger partial charge < -0.3 is 28.4 Å². The fraction of sp³-hybridized carbons (Fsp3) is 0.140. The Balaban J connectivity index is 1.27. The maximum absolute atomic E-state index is 15.1. The van der Waals surface area contributed by atoms with Crippen molar-refractivity contribution >= 4 is 25.5 Å². The molecule has 2 heterocycles. The van der Waals surface area contributed by atoms with E-state index in [9.17, 15) is 16.8 Å². The van der Waals surface area contributed by atoms with E-state index in [1.807, 2.05) is 24.3 Å². The van der Waals surface area contributed by atoms with E-state index in [0.717, 1.165) is 12.5 Å². The Morgan fingerprint density at radius 1 is 0.500 bits per heavy atom. The van der Waals surface area contributed by atoms with E-state index < -0.39 is 38.0 Å². The molecule has 0 aromatic heterocycles. The summed E-state index contributed by atoms with van der Waals surface area (Å²) in [6.07, 6.45) is 0.570. The van der Waals surface area contributed by atoms with Crippen LogP contribution in [0.2, 0.25) is 0 Å². The molecule has 13 heteroatoms. The Morgan fingerprint density at radius 3 is 1.20 bits per heavy atom. The minimum atomic E-state index is -3.50. The Labute approximate surface area is 323 Å². The summed E-state index contributed by atoms with van der Waals surface area (Å²) < 4.78 is 85.2. The number of sulfone groups is 2. The molecule has 2 aliphatic rings. The van der Waals surface area contributed by atoms with E-state index in [4.69, 9.17) is 28.4 Å². The van der Waals surface area contributed by atoms with Gasteiger partial charge in [0.1, 0.15) is 11.5 Å². The molecule has 6 aromatic rings. The van der Waals surface area contributed by atoms with Crippen LogP contribution < -0.4 is 28.4 Å². The molecule has 284 valence electrons. The van der Waals surface area contributed by atoms with Crippen molar-refractivity contribution in [2.75, 3.05) is 26.7 Å². The van der Waals surface area contributed by atoms with Crippen molar-refractivity contribution < 1.29 is 50.1 Å². The molecule has 0 saturated heterocycles. The van der Waals surface area contributed by atoms with Crippen LogP contribution in [0.5, 0.6) is 34.5 Å². The zero-order valence-electron chi connectivity index (χ0n) is 30.5. The first-order valence-electron chi connectivity index (χ1n) is 17.3. The second kappa shape index (κ2) is 14.1. The van der Waals surface area contributed by atoms with Crippen LogP contribution in [0.15, 0.2) is 131 Å². The molecule has 2 unspecified atom stereocenters. The second-order valence-corrected chi connectivity index (χ2v) is 17.3. The zero-order chi connectivity index (χ0) is 39.4. The Hall–Kier alpha value is -6.31. The quantitative estimate of drug-likeness (QED) is 0.125. The van der Waals surface area contributed by atoms with Gasteiger partial charge in [0.25, 0.3) is 12.6 Å². The Kier molecular flexibility index (Phi) is 9.21. The number of rotatable bonds is 10. The molecule has 0 amide bonds. The Bertz CT molecular complexity index is 2550. The number of carbonyl (C=O) groups excluding carboxylic acids is 1. The highest BCUT2D eigenvalue weighted by Crippen LogP contribution is 2.48.